The van der Waals surface area contributed by atoms with Crippen LogP contribution in [0.5, 0.6) is 0 Å². The number of hydrogen-bond donors (Lipinski definition) is 0. The van der Waals surface area contributed by atoms with Gasteiger partial charge in [-0.3, -0.25) is 0 Å². The van der Waals surface area contributed by atoms with Crippen molar-refractivity contribution in [3.63, 3.8) is 0 Å². The van der Waals surface area contributed by atoms with Crippen molar-refractivity contribution in [3.05, 3.63) is 22.6 Å². The highest BCUT2D eigenvalue weighted by Crippen LogP contribution is 2.37. The van der Waals surface area contributed by atoms with Crippen LogP contribution in [0.1, 0.15) is 27.7 Å². The number of rotatable bonds is 4. The third-order valence-electron chi connectivity index (χ3n) is 3.42. The van der Waals surface area contributed by atoms with Crippen molar-refractivity contribution < 1.29 is 18.9 Å². The maximum absolute atomic E-state index is 8.64. The number of azide groups is 1. The Balaban J connectivity index is 2.23. The molecule has 0 bridgehead atoms. The summed E-state index contributed by atoms with van der Waals surface area (Å²) in [5, 5.41) is 3.74. The maximum atomic E-state index is 8.64. The van der Waals surface area contributed by atoms with Crippen molar-refractivity contribution in [2.24, 2.45) is 5.11 Å². The third kappa shape index (κ3) is 3.13. The average molecular weight is 283 g/mol. The van der Waals surface area contributed by atoms with Gasteiger partial charge in [0.25, 0.3) is 0 Å². The molecule has 0 unspecified atom stereocenters. The molecule has 20 heavy (non-hydrogen) atoms. The van der Waals surface area contributed by atoms with Gasteiger partial charge in [-0.1, -0.05) is 17.3 Å². The first-order chi connectivity index (χ1) is 9.28. The molecule has 0 amide bonds. The molecule has 1 aliphatic carbocycles. The lowest BCUT2D eigenvalue weighted by Gasteiger charge is -2.35. The van der Waals surface area contributed by atoms with Crippen LogP contribution in [-0.4, -0.2) is 43.0 Å². The zero-order chi connectivity index (χ0) is 15.0. The van der Waals surface area contributed by atoms with Crippen LogP contribution in [0, 0.1) is 0 Å². The minimum atomic E-state index is -0.735. The fourth-order valence-electron chi connectivity index (χ4n) is 2.42. The van der Waals surface area contributed by atoms with E-state index >= 15 is 0 Å². The molecule has 1 fully saturated rings. The molecule has 4 atom stereocenters. The molecule has 1 saturated heterocycles. The Morgan fingerprint density at radius 3 is 2.50 bits per heavy atom. The summed E-state index contributed by atoms with van der Waals surface area (Å²) in [4.78, 5) is 2.86. The van der Waals surface area contributed by atoms with E-state index in [0.29, 0.717) is 0 Å². The van der Waals surface area contributed by atoms with Gasteiger partial charge in [0, 0.05) is 12.0 Å². The fraction of sp³-hybridized carbons (Fsp3) is 0.846. The Kier molecular flexibility index (Phi) is 4.09. The first-order valence-electron chi connectivity index (χ1n) is 6.59. The second-order valence-corrected chi connectivity index (χ2v) is 5.83. The summed E-state index contributed by atoms with van der Waals surface area (Å²) in [5.41, 5.74) is 8.64. The number of hydrogen-bond acceptors (Lipinski definition) is 5. The van der Waals surface area contributed by atoms with Crippen molar-refractivity contribution in [2.45, 2.75) is 63.6 Å². The molecule has 1 aliphatic heterocycles. The Hall–Kier alpha value is -1.11. The molecule has 2 rings (SSSR count). The Morgan fingerprint density at radius 2 is 1.90 bits per heavy atom. The van der Waals surface area contributed by atoms with Crippen molar-refractivity contribution >= 4 is 0 Å². The molecule has 0 aromatic carbocycles. The molecular weight excluding hydrogens is 262 g/mol. The molecule has 7 nitrogen and oxygen atoms in total. The maximum Gasteiger partial charge on any atom is 0.163 e. The predicted octanol–water partition coefficient (Wildman–Crippen LogP) is 2.52. The van der Waals surface area contributed by atoms with Gasteiger partial charge < -0.3 is 18.9 Å². The quantitative estimate of drug-likeness (QED) is 0.261. The van der Waals surface area contributed by atoms with Crippen LogP contribution in [0.15, 0.2) is 17.3 Å². The molecule has 1 heterocycles. The van der Waals surface area contributed by atoms with Gasteiger partial charge in [0.2, 0.25) is 0 Å². The van der Waals surface area contributed by atoms with E-state index in [1.807, 2.05) is 33.8 Å². The second kappa shape index (κ2) is 5.35. The van der Waals surface area contributed by atoms with Crippen molar-refractivity contribution in [1.29, 1.82) is 0 Å². The smallest absolute Gasteiger partial charge is 0.163 e. The standard InChI is InChI=1S/C13H21N3O4/c1-12(2,17-5)18-9-7-6-8(15-16-14)10-11(9)20-13(3,4)19-10/h6-11H,1-5H3/t8-,9-,10+,11+/m0/s1. The number of nitrogens with zero attached hydrogens (tertiary/aromatic N) is 3. The van der Waals surface area contributed by atoms with Gasteiger partial charge in [-0.05, 0) is 33.2 Å². The van der Waals surface area contributed by atoms with E-state index in [4.69, 9.17) is 24.5 Å². The molecule has 112 valence electrons. The zero-order valence-electron chi connectivity index (χ0n) is 12.4. The fourth-order valence-corrected chi connectivity index (χ4v) is 2.42. The highest BCUT2D eigenvalue weighted by Gasteiger charge is 2.50. The Labute approximate surface area is 118 Å². The lowest BCUT2D eigenvalue weighted by Crippen LogP contribution is -2.47. The minimum absolute atomic E-state index is 0.318. The van der Waals surface area contributed by atoms with Crippen molar-refractivity contribution in [2.75, 3.05) is 7.11 Å². The van der Waals surface area contributed by atoms with Crippen LogP contribution in [0.2, 0.25) is 0 Å². The molecule has 0 radical (unpaired) electrons. The third-order valence-corrected chi connectivity index (χ3v) is 3.42. The monoisotopic (exact) mass is 283 g/mol. The molecule has 0 spiro atoms. The van der Waals surface area contributed by atoms with E-state index in [2.05, 4.69) is 10.0 Å². The number of methoxy groups -OCH3 is 1. The summed E-state index contributed by atoms with van der Waals surface area (Å²) < 4.78 is 22.9. The summed E-state index contributed by atoms with van der Waals surface area (Å²) >= 11 is 0. The summed E-state index contributed by atoms with van der Waals surface area (Å²) in [7, 11) is 1.59. The average Bonchev–Trinajstić information content (AvgIpc) is 2.68. The van der Waals surface area contributed by atoms with E-state index in [1.54, 1.807) is 13.2 Å². The Morgan fingerprint density at radius 1 is 1.25 bits per heavy atom. The summed E-state index contributed by atoms with van der Waals surface area (Å²) in [6, 6.07) is -0.391. The van der Waals surface area contributed by atoms with Crippen molar-refractivity contribution in [3.8, 4) is 0 Å². The molecule has 0 aromatic heterocycles. The highest BCUT2D eigenvalue weighted by molar-refractivity contribution is 5.14. The van der Waals surface area contributed by atoms with Crippen LogP contribution < -0.4 is 0 Å². The first-order valence-corrected chi connectivity index (χ1v) is 6.59. The number of ether oxygens (including phenoxy) is 4. The second-order valence-electron chi connectivity index (χ2n) is 5.83. The lowest BCUT2D eigenvalue weighted by atomic mass is 9.94. The SMILES string of the molecule is COC(C)(C)O[C@H]1C=C[C@H](N=[N+]=[N-])[C@H]2OC(C)(C)O[C@@H]21. The molecule has 0 aromatic rings. The summed E-state index contributed by atoms with van der Waals surface area (Å²) in [6.45, 7) is 7.32. The van der Waals surface area contributed by atoms with Crippen LogP contribution in [0.3, 0.4) is 0 Å². The van der Waals surface area contributed by atoms with E-state index in [1.165, 1.54) is 0 Å². The largest absolute Gasteiger partial charge is 0.354 e. The van der Waals surface area contributed by atoms with Gasteiger partial charge in [-0.15, -0.1) is 0 Å². The topological polar surface area (TPSA) is 85.7 Å². The van der Waals surface area contributed by atoms with Crippen LogP contribution in [0.4, 0.5) is 0 Å². The van der Waals surface area contributed by atoms with Crippen molar-refractivity contribution in [1.82, 2.24) is 0 Å². The lowest BCUT2D eigenvalue weighted by molar-refractivity contribution is -0.237. The van der Waals surface area contributed by atoms with Gasteiger partial charge in [0.15, 0.2) is 11.6 Å². The van der Waals surface area contributed by atoms with Gasteiger partial charge in [-0.2, -0.15) is 0 Å². The highest BCUT2D eigenvalue weighted by atomic mass is 16.8. The predicted molar refractivity (Wildman–Crippen MR) is 71.9 cm³/mol. The normalized spacial score (nSPS) is 35.5. The van der Waals surface area contributed by atoms with Gasteiger partial charge in [-0.25, -0.2) is 0 Å². The molecular formula is C13H21N3O4. The van der Waals surface area contributed by atoms with Gasteiger partial charge >= 0.3 is 0 Å². The van der Waals surface area contributed by atoms with Crippen LogP contribution in [0.25, 0.3) is 10.4 Å². The number of fused-ring (bicyclic) bond motifs is 1. The van der Waals surface area contributed by atoms with Gasteiger partial charge in [0.05, 0.1) is 6.04 Å². The Bertz CT molecular complexity index is 443. The molecule has 0 N–H and O–H groups in total. The molecule has 7 heteroatoms. The minimum Gasteiger partial charge on any atom is -0.354 e. The summed E-state index contributed by atoms with van der Waals surface area (Å²) in [5.74, 6) is -1.47. The first kappa shape index (κ1) is 15.3. The van der Waals surface area contributed by atoms with E-state index < -0.39 is 17.6 Å². The van der Waals surface area contributed by atoms with E-state index in [-0.39, 0.29) is 18.3 Å². The molecule has 0 saturated carbocycles. The zero-order valence-corrected chi connectivity index (χ0v) is 12.4. The molecule has 2 aliphatic rings. The van der Waals surface area contributed by atoms with Crippen LogP contribution >= 0.6 is 0 Å². The van der Waals surface area contributed by atoms with E-state index in [9.17, 15) is 0 Å². The van der Waals surface area contributed by atoms with E-state index in [0.717, 1.165) is 0 Å². The van der Waals surface area contributed by atoms with Gasteiger partial charge in [0.1, 0.15) is 18.3 Å². The van der Waals surface area contributed by atoms with Crippen LogP contribution in [-0.2, 0) is 18.9 Å². The summed E-state index contributed by atoms with van der Waals surface area (Å²) in [6.07, 6.45) is 2.62.